The number of benzene rings is 1. The summed E-state index contributed by atoms with van der Waals surface area (Å²) in [6.45, 7) is 10.6. The molecule has 16 heavy (non-hydrogen) atoms. The van der Waals surface area contributed by atoms with Crippen molar-refractivity contribution in [3.05, 3.63) is 28.2 Å². The quantitative estimate of drug-likeness (QED) is 0.747. The number of ether oxygens (including phenoxy) is 1. The Morgan fingerprint density at radius 2 is 1.94 bits per heavy atom. The van der Waals surface area contributed by atoms with Crippen LogP contribution in [0.1, 0.15) is 52.5 Å². The van der Waals surface area contributed by atoms with Crippen LogP contribution in [0.15, 0.2) is 22.7 Å². The third-order valence-electron chi connectivity index (χ3n) is 2.55. The number of hydrogen-bond acceptors (Lipinski definition) is 1. The Labute approximate surface area is 107 Å². The van der Waals surface area contributed by atoms with Crippen molar-refractivity contribution in [1.82, 2.24) is 0 Å². The monoisotopic (exact) mass is 284 g/mol. The van der Waals surface area contributed by atoms with Crippen LogP contribution in [-0.4, -0.2) is 5.60 Å². The summed E-state index contributed by atoms with van der Waals surface area (Å²) in [5.41, 5.74) is 1.20. The molecule has 1 aromatic carbocycles. The molecule has 1 rings (SSSR count). The highest BCUT2D eigenvalue weighted by Crippen LogP contribution is 2.32. The van der Waals surface area contributed by atoms with E-state index in [2.05, 4.69) is 68.7 Å². The van der Waals surface area contributed by atoms with Crippen LogP contribution >= 0.6 is 15.9 Å². The predicted octanol–water partition coefficient (Wildman–Crippen LogP) is 5.14. The summed E-state index contributed by atoms with van der Waals surface area (Å²) in [6, 6.07) is 6.37. The second-order valence-corrected chi connectivity index (χ2v) is 6.07. The Balaban J connectivity index is 2.92. The molecule has 90 valence electrons. The molecule has 0 amide bonds. The van der Waals surface area contributed by atoms with Crippen LogP contribution in [0.25, 0.3) is 0 Å². The van der Waals surface area contributed by atoms with Crippen LogP contribution in [-0.2, 0) is 0 Å². The maximum atomic E-state index is 5.85. The lowest BCUT2D eigenvalue weighted by atomic mass is 9.99. The van der Waals surface area contributed by atoms with Crippen LogP contribution in [0.4, 0.5) is 0 Å². The van der Waals surface area contributed by atoms with Gasteiger partial charge in [0.25, 0.3) is 0 Å². The van der Waals surface area contributed by atoms with Crippen LogP contribution < -0.4 is 4.74 Å². The maximum absolute atomic E-state index is 5.85. The molecular formula is C14H21BrO. The first-order valence-corrected chi connectivity index (χ1v) is 6.61. The second kappa shape index (κ2) is 5.22. The van der Waals surface area contributed by atoms with E-state index >= 15 is 0 Å². The molecule has 0 saturated carbocycles. The molecule has 0 spiro atoms. The van der Waals surface area contributed by atoms with Crippen LogP contribution in [0.5, 0.6) is 5.75 Å². The summed E-state index contributed by atoms with van der Waals surface area (Å²) in [5.74, 6) is 1.51. The van der Waals surface area contributed by atoms with Crippen molar-refractivity contribution >= 4 is 15.9 Å². The molecule has 0 fully saturated rings. The summed E-state index contributed by atoms with van der Waals surface area (Å²) in [5, 5.41) is 0. The van der Waals surface area contributed by atoms with E-state index in [4.69, 9.17) is 4.74 Å². The molecular weight excluding hydrogens is 264 g/mol. The molecule has 1 atom stereocenters. The highest BCUT2D eigenvalue weighted by Gasteiger charge is 2.14. The number of halogens is 1. The third kappa shape index (κ3) is 3.82. The second-order valence-electron chi connectivity index (χ2n) is 5.21. The summed E-state index contributed by atoms with van der Waals surface area (Å²) >= 11 is 3.57. The molecule has 1 nitrogen and oxygen atoms in total. The van der Waals surface area contributed by atoms with Gasteiger partial charge in [0.15, 0.2) is 0 Å². The van der Waals surface area contributed by atoms with Crippen LogP contribution in [0, 0.1) is 0 Å². The van der Waals surface area contributed by atoms with Gasteiger partial charge in [-0.05, 0) is 66.7 Å². The van der Waals surface area contributed by atoms with Gasteiger partial charge in [0.1, 0.15) is 11.4 Å². The minimum Gasteiger partial charge on any atom is -0.487 e. The summed E-state index contributed by atoms with van der Waals surface area (Å²) in [7, 11) is 0. The summed E-state index contributed by atoms with van der Waals surface area (Å²) < 4.78 is 6.90. The van der Waals surface area contributed by atoms with Crippen molar-refractivity contribution in [1.29, 1.82) is 0 Å². The van der Waals surface area contributed by atoms with Gasteiger partial charge < -0.3 is 4.74 Å². The first-order chi connectivity index (χ1) is 7.33. The van der Waals surface area contributed by atoms with E-state index in [1.807, 2.05) is 0 Å². The Morgan fingerprint density at radius 3 is 2.38 bits per heavy atom. The number of rotatable bonds is 3. The predicted molar refractivity (Wildman–Crippen MR) is 73.2 cm³/mol. The van der Waals surface area contributed by atoms with E-state index in [-0.39, 0.29) is 5.60 Å². The number of hydrogen-bond donors (Lipinski definition) is 0. The molecule has 1 aromatic rings. The van der Waals surface area contributed by atoms with Crippen molar-refractivity contribution in [2.45, 2.75) is 52.6 Å². The lowest BCUT2D eigenvalue weighted by Gasteiger charge is -2.22. The fourth-order valence-corrected chi connectivity index (χ4v) is 1.95. The highest BCUT2D eigenvalue weighted by atomic mass is 79.9. The molecule has 0 aliphatic heterocycles. The minimum absolute atomic E-state index is 0.152. The minimum atomic E-state index is -0.152. The van der Waals surface area contributed by atoms with Gasteiger partial charge in [-0.2, -0.15) is 0 Å². The van der Waals surface area contributed by atoms with Gasteiger partial charge in [-0.25, -0.2) is 0 Å². The van der Waals surface area contributed by atoms with Gasteiger partial charge in [0.05, 0.1) is 4.47 Å². The van der Waals surface area contributed by atoms with Gasteiger partial charge in [-0.3, -0.25) is 0 Å². The van der Waals surface area contributed by atoms with Gasteiger partial charge in [-0.1, -0.05) is 19.9 Å². The molecule has 0 bridgehead atoms. The van der Waals surface area contributed by atoms with E-state index in [0.717, 1.165) is 16.6 Å². The van der Waals surface area contributed by atoms with E-state index in [9.17, 15) is 0 Å². The van der Waals surface area contributed by atoms with E-state index < -0.39 is 0 Å². The van der Waals surface area contributed by atoms with Crippen molar-refractivity contribution in [2.75, 3.05) is 0 Å². The third-order valence-corrected chi connectivity index (χ3v) is 3.17. The summed E-state index contributed by atoms with van der Waals surface area (Å²) in [4.78, 5) is 0. The van der Waals surface area contributed by atoms with Gasteiger partial charge in [0, 0.05) is 0 Å². The first-order valence-electron chi connectivity index (χ1n) is 5.82. The molecule has 0 N–H and O–H groups in total. The SMILES string of the molecule is CCC(C)c1ccc(OC(C)(C)C)c(Br)c1. The first kappa shape index (κ1) is 13.6. The molecule has 0 aromatic heterocycles. The fraction of sp³-hybridized carbons (Fsp3) is 0.571. The van der Waals surface area contributed by atoms with E-state index in [1.54, 1.807) is 0 Å². The van der Waals surface area contributed by atoms with Crippen molar-refractivity contribution in [2.24, 2.45) is 0 Å². The lowest BCUT2D eigenvalue weighted by molar-refractivity contribution is 0.130. The smallest absolute Gasteiger partial charge is 0.134 e. The molecule has 0 heterocycles. The average molecular weight is 285 g/mol. The lowest BCUT2D eigenvalue weighted by Crippen LogP contribution is -2.23. The normalized spacial score (nSPS) is 13.6. The van der Waals surface area contributed by atoms with Crippen molar-refractivity contribution < 1.29 is 4.74 Å². The van der Waals surface area contributed by atoms with E-state index in [0.29, 0.717) is 5.92 Å². The fourth-order valence-electron chi connectivity index (χ4n) is 1.47. The Morgan fingerprint density at radius 1 is 1.31 bits per heavy atom. The summed E-state index contributed by atoms with van der Waals surface area (Å²) in [6.07, 6.45) is 1.16. The van der Waals surface area contributed by atoms with Crippen LogP contribution in [0.2, 0.25) is 0 Å². The van der Waals surface area contributed by atoms with Gasteiger partial charge in [-0.15, -0.1) is 0 Å². The zero-order chi connectivity index (χ0) is 12.3. The highest BCUT2D eigenvalue weighted by molar-refractivity contribution is 9.10. The molecule has 1 unspecified atom stereocenters. The van der Waals surface area contributed by atoms with Gasteiger partial charge >= 0.3 is 0 Å². The zero-order valence-electron chi connectivity index (χ0n) is 10.8. The van der Waals surface area contributed by atoms with Crippen molar-refractivity contribution in [3.8, 4) is 5.75 Å². The standard InChI is InChI=1S/C14H21BrO/c1-6-10(2)11-7-8-13(12(15)9-11)16-14(3,4)5/h7-10H,6H2,1-5H3. The van der Waals surface area contributed by atoms with E-state index in [1.165, 1.54) is 5.56 Å². The Hall–Kier alpha value is -0.500. The van der Waals surface area contributed by atoms with Gasteiger partial charge in [0.2, 0.25) is 0 Å². The topological polar surface area (TPSA) is 9.23 Å². The zero-order valence-corrected chi connectivity index (χ0v) is 12.4. The molecule has 0 saturated heterocycles. The average Bonchev–Trinajstić information content (AvgIpc) is 2.18. The Bertz CT molecular complexity index is 352. The molecule has 2 heteroatoms. The van der Waals surface area contributed by atoms with Crippen molar-refractivity contribution in [3.63, 3.8) is 0 Å². The van der Waals surface area contributed by atoms with Crippen LogP contribution in [0.3, 0.4) is 0 Å². The largest absolute Gasteiger partial charge is 0.487 e. The molecule has 0 aliphatic carbocycles. The Kier molecular flexibility index (Phi) is 4.43. The maximum Gasteiger partial charge on any atom is 0.134 e. The molecule has 0 radical (unpaired) electrons. The molecule has 0 aliphatic rings.